The Bertz CT molecular complexity index is 1040. The van der Waals surface area contributed by atoms with E-state index in [0.29, 0.717) is 5.82 Å². The molecule has 0 saturated heterocycles. The highest BCUT2D eigenvalue weighted by molar-refractivity contribution is 5.81. The van der Waals surface area contributed by atoms with Crippen molar-refractivity contribution in [3.05, 3.63) is 72.3 Å². The minimum Gasteiger partial charge on any atom is -0.340 e. The quantitative estimate of drug-likeness (QED) is 0.506. The molecular weight excluding hydrogens is 366 g/mol. The van der Waals surface area contributed by atoms with Gasteiger partial charge in [0.05, 0.1) is 11.0 Å². The number of carbonyl (C=O) groups excluding carboxylic acids is 1. The number of hydrogen-bond donors (Lipinski definition) is 2. The zero-order valence-electron chi connectivity index (χ0n) is 16.4. The number of rotatable bonds is 7. The maximum Gasteiger partial charge on any atom is 0.246 e. The molecule has 4 rings (SSSR count). The fraction of sp³-hybridized carbons (Fsp3) is 0.286. The van der Waals surface area contributed by atoms with E-state index in [9.17, 15) is 4.79 Å². The highest BCUT2D eigenvalue weighted by atomic mass is 16.2. The number of nitrogens with one attached hydrogen (secondary N) is 2. The number of amides is 1. The van der Waals surface area contributed by atoms with Crippen molar-refractivity contribution in [1.82, 2.24) is 35.5 Å². The standard InChI is InChI=1S/C21H23N7O/c1-3-14(2)19(28-13-22-26-27-28)21(29)25-18(15-9-5-4-6-10-15)20-23-16-11-7-8-12-17(16)24-20/h4-14,18-19H,3H2,1-2H3,(H,23,24)(H,25,29)/t14-,18-,19-/m0/s1. The van der Waals surface area contributed by atoms with Crippen molar-refractivity contribution in [2.45, 2.75) is 32.4 Å². The minimum absolute atomic E-state index is 0.0607. The molecule has 0 radical (unpaired) electrons. The van der Waals surface area contributed by atoms with E-state index >= 15 is 0 Å². The summed E-state index contributed by atoms with van der Waals surface area (Å²) in [6.45, 7) is 4.06. The number of tetrazole rings is 1. The van der Waals surface area contributed by atoms with Crippen molar-refractivity contribution in [3.8, 4) is 0 Å². The fourth-order valence-corrected chi connectivity index (χ4v) is 3.45. The molecule has 4 aromatic rings. The maximum absolute atomic E-state index is 13.3. The smallest absolute Gasteiger partial charge is 0.246 e. The topological polar surface area (TPSA) is 101 Å². The predicted octanol–water partition coefficient (Wildman–Crippen LogP) is 3.04. The molecule has 0 saturated carbocycles. The summed E-state index contributed by atoms with van der Waals surface area (Å²) >= 11 is 0. The molecule has 2 heterocycles. The number of aromatic amines is 1. The molecule has 1 amide bonds. The second-order valence-electron chi connectivity index (χ2n) is 7.11. The average Bonchev–Trinajstić information content (AvgIpc) is 3.42. The van der Waals surface area contributed by atoms with E-state index in [2.05, 4.69) is 25.8 Å². The van der Waals surface area contributed by atoms with E-state index in [0.717, 1.165) is 23.0 Å². The van der Waals surface area contributed by atoms with E-state index in [1.807, 2.05) is 68.4 Å². The van der Waals surface area contributed by atoms with Gasteiger partial charge >= 0.3 is 0 Å². The first-order valence-corrected chi connectivity index (χ1v) is 9.69. The Morgan fingerprint density at radius 1 is 1.14 bits per heavy atom. The van der Waals surface area contributed by atoms with Crippen LogP contribution in [-0.4, -0.2) is 36.1 Å². The minimum atomic E-state index is -0.509. The van der Waals surface area contributed by atoms with Crippen LogP contribution in [0.4, 0.5) is 0 Å². The number of hydrogen-bond acceptors (Lipinski definition) is 5. The number of imidazole rings is 1. The summed E-state index contributed by atoms with van der Waals surface area (Å²) < 4.78 is 1.52. The van der Waals surface area contributed by atoms with E-state index < -0.39 is 12.1 Å². The molecule has 2 aromatic heterocycles. The second kappa shape index (κ2) is 8.22. The molecule has 0 spiro atoms. The normalized spacial score (nSPS) is 14.4. The molecule has 0 aliphatic rings. The molecular formula is C21H23N7O. The molecule has 8 heteroatoms. The van der Waals surface area contributed by atoms with E-state index in [1.54, 1.807) is 0 Å². The van der Waals surface area contributed by atoms with E-state index in [1.165, 1.54) is 11.0 Å². The lowest BCUT2D eigenvalue weighted by Crippen LogP contribution is -2.39. The number of para-hydroxylation sites is 2. The third-order valence-corrected chi connectivity index (χ3v) is 5.20. The monoisotopic (exact) mass is 389 g/mol. The molecule has 0 aliphatic carbocycles. The molecule has 0 bridgehead atoms. The van der Waals surface area contributed by atoms with Crippen LogP contribution < -0.4 is 5.32 Å². The van der Waals surface area contributed by atoms with Gasteiger partial charge in [-0.05, 0) is 34.0 Å². The van der Waals surface area contributed by atoms with Gasteiger partial charge in [0.1, 0.15) is 24.2 Å². The summed E-state index contributed by atoms with van der Waals surface area (Å²) in [5.41, 5.74) is 2.73. The lowest BCUT2D eigenvalue weighted by Gasteiger charge is -2.25. The number of fused-ring (bicyclic) bond motifs is 1. The first kappa shape index (κ1) is 18.8. The van der Waals surface area contributed by atoms with Crippen molar-refractivity contribution in [1.29, 1.82) is 0 Å². The van der Waals surface area contributed by atoms with Crippen LogP contribution in [0.25, 0.3) is 11.0 Å². The van der Waals surface area contributed by atoms with Crippen LogP contribution in [0.3, 0.4) is 0 Å². The Kier molecular flexibility index (Phi) is 5.33. The van der Waals surface area contributed by atoms with Gasteiger partial charge in [0, 0.05) is 0 Å². The first-order chi connectivity index (χ1) is 14.2. The third kappa shape index (κ3) is 3.87. The maximum atomic E-state index is 13.3. The van der Waals surface area contributed by atoms with Gasteiger partial charge in [0.2, 0.25) is 5.91 Å². The van der Waals surface area contributed by atoms with Crippen LogP contribution in [0.2, 0.25) is 0 Å². The third-order valence-electron chi connectivity index (χ3n) is 5.20. The van der Waals surface area contributed by atoms with Crippen LogP contribution in [0.5, 0.6) is 0 Å². The number of nitrogens with zero attached hydrogens (tertiary/aromatic N) is 5. The molecule has 3 atom stereocenters. The number of H-pyrrole nitrogens is 1. The Morgan fingerprint density at radius 2 is 1.90 bits per heavy atom. The highest BCUT2D eigenvalue weighted by Gasteiger charge is 2.30. The van der Waals surface area contributed by atoms with E-state index in [-0.39, 0.29) is 11.8 Å². The Hall–Kier alpha value is -3.55. The average molecular weight is 389 g/mol. The van der Waals surface area contributed by atoms with Gasteiger partial charge in [-0.2, -0.15) is 0 Å². The molecule has 8 nitrogen and oxygen atoms in total. The highest BCUT2D eigenvalue weighted by Crippen LogP contribution is 2.26. The van der Waals surface area contributed by atoms with Crippen LogP contribution in [0.1, 0.15) is 43.7 Å². The zero-order valence-corrected chi connectivity index (χ0v) is 16.4. The lowest BCUT2D eigenvalue weighted by molar-refractivity contribution is -0.126. The summed E-state index contributed by atoms with van der Waals surface area (Å²) in [4.78, 5) is 21.4. The number of benzene rings is 2. The van der Waals surface area contributed by atoms with Gasteiger partial charge in [-0.15, -0.1) is 5.10 Å². The van der Waals surface area contributed by atoms with Gasteiger partial charge in [-0.1, -0.05) is 62.7 Å². The summed E-state index contributed by atoms with van der Waals surface area (Å²) in [5, 5.41) is 14.5. The molecule has 0 fully saturated rings. The Morgan fingerprint density at radius 3 is 2.59 bits per heavy atom. The molecule has 148 valence electrons. The summed E-state index contributed by atoms with van der Waals surface area (Å²) in [5.74, 6) is 0.594. The van der Waals surface area contributed by atoms with Crippen LogP contribution in [0, 0.1) is 5.92 Å². The summed E-state index contributed by atoms with van der Waals surface area (Å²) in [6, 6.07) is 16.7. The second-order valence-corrected chi connectivity index (χ2v) is 7.11. The molecule has 2 aromatic carbocycles. The number of carbonyl (C=O) groups is 1. The molecule has 0 unspecified atom stereocenters. The molecule has 0 aliphatic heterocycles. The summed E-state index contributed by atoms with van der Waals surface area (Å²) in [7, 11) is 0. The van der Waals surface area contributed by atoms with Gasteiger partial charge in [0.25, 0.3) is 0 Å². The first-order valence-electron chi connectivity index (χ1n) is 9.69. The van der Waals surface area contributed by atoms with Gasteiger partial charge < -0.3 is 10.3 Å². The van der Waals surface area contributed by atoms with Crippen LogP contribution >= 0.6 is 0 Å². The zero-order chi connectivity index (χ0) is 20.2. The summed E-state index contributed by atoms with van der Waals surface area (Å²) in [6.07, 6.45) is 2.30. The van der Waals surface area contributed by atoms with Gasteiger partial charge in [0.15, 0.2) is 0 Å². The molecule has 29 heavy (non-hydrogen) atoms. The van der Waals surface area contributed by atoms with Crippen LogP contribution in [-0.2, 0) is 4.79 Å². The SMILES string of the molecule is CC[C@H](C)[C@@H](C(=O)N[C@@H](c1ccccc1)c1nc2ccccc2[nH]1)n1cnnn1. The van der Waals surface area contributed by atoms with Gasteiger partial charge in [-0.25, -0.2) is 9.67 Å². The van der Waals surface area contributed by atoms with Crippen molar-refractivity contribution in [2.24, 2.45) is 5.92 Å². The predicted molar refractivity (Wildman–Crippen MR) is 109 cm³/mol. The lowest BCUT2D eigenvalue weighted by atomic mass is 9.97. The van der Waals surface area contributed by atoms with Crippen molar-refractivity contribution >= 4 is 16.9 Å². The van der Waals surface area contributed by atoms with E-state index in [4.69, 9.17) is 4.98 Å². The molecule has 2 N–H and O–H groups in total. The number of aromatic nitrogens is 6. The van der Waals surface area contributed by atoms with Gasteiger partial charge in [-0.3, -0.25) is 4.79 Å². The van der Waals surface area contributed by atoms with Crippen molar-refractivity contribution in [2.75, 3.05) is 0 Å². The van der Waals surface area contributed by atoms with Crippen molar-refractivity contribution in [3.63, 3.8) is 0 Å². The Balaban J connectivity index is 1.70. The largest absolute Gasteiger partial charge is 0.340 e. The van der Waals surface area contributed by atoms with Crippen molar-refractivity contribution < 1.29 is 4.79 Å². The Labute approximate surface area is 168 Å². The van der Waals surface area contributed by atoms with Crippen LogP contribution in [0.15, 0.2) is 60.9 Å². The fourth-order valence-electron chi connectivity index (χ4n) is 3.45.